The van der Waals surface area contributed by atoms with Crippen LogP contribution in [-0.2, 0) is 4.74 Å². The second kappa shape index (κ2) is 6.03. The summed E-state index contributed by atoms with van der Waals surface area (Å²) >= 11 is 0. The van der Waals surface area contributed by atoms with Crippen LogP contribution in [0, 0.1) is 10.1 Å². The fraction of sp³-hybridized carbons (Fsp3) is 0.400. The lowest BCUT2D eigenvalue weighted by Gasteiger charge is -2.10. The van der Waals surface area contributed by atoms with Crippen molar-refractivity contribution in [2.75, 3.05) is 13.7 Å². The summed E-state index contributed by atoms with van der Waals surface area (Å²) in [6.45, 7) is 1.55. The molecule has 1 rings (SSSR count). The van der Waals surface area contributed by atoms with Gasteiger partial charge in [0.15, 0.2) is 5.69 Å². The second-order valence-corrected chi connectivity index (χ2v) is 3.22. The molecule has 19 heavy (non-hydrogen) atoms. The van der Waals surface area contributed by atoms with E-state index in [-0.39, 0.29) is 12.2 Å². The van der Waals surface area contributed by atoms with Gasteiger partial charge in [0.25, 0.3) is 6.43 Å². The smallest absolute Gasteiger partial charge is 0.343 e. The van der Waals surface area contributed by atoms with Gasteiger partial charge in [-0.1, -0.05) is 0 Å². The van der Waals surface area contributed by atoms with Gasteiger partial charge in [-0.25, -0.2) is 18.6 Å². The van der Waals surface area contributed by atoms with E-state index in [0.717, 1.165) is 13.3 Å². The number of carbonyl (C=O) groups excluding carboxylic acids is 1. The topological polar surface area (TPSA) is 91.6 Å². The van der Waals surface area contributed by atoms with Gasteiger partial charge in [0, 0.05) is 6.20 Å². The number of hydrogen-bond acceptors (Lipinski definition) is 6. The van der Waals surface area contributed by atoms with E-state index in [0.29, 0.717) is 0 Å². The number of aromatic nitrogens is 1. The molecule has 0 aliphatic rings. The molecule has 0 aliphatic heterocycles. The van der Waals surface area contributed by atoms with Crippen molar-refractivity contribution in [3.63, 3.8) is 0 Å². The van der Waals surface area contributed by atoms with Crippen LogP contribution in [0.5, 0.6) is 5.75 Å². The summed E-state index contributed by atoms with van der Waals surface area (Å²) in [7, 11) is 1.03. The molecular weight excluding hydrogens is 266 g/mol. The van der Waals surface area contributed by atoms with E-state index in [1.807, 2.05) is 0 Å². The van der Waals surface area contributed by atoms with Crippen molar-refractivity contribution in [2.45, 2.75) is 13.3 Å². The first-order chi connectivity index (χ1) is 8.93. The molecule has 0 N–H and O–H groups in total. The first kappa shape index (κ1) is 14.7. The van der Waals surface area contributed by atoms with Crippen molar-refractivity contribution in [3.05, 3.63) is 27.6 Å². The van der Waals surface area contributed by atoms with Crippen LogP contribution in [-0.4, -0.2) is 29.6 Å². The van der Waals surface area contributed by atoms with Gasteiger partial charge in [0.2, 0.25) is 5.75 Å². The van der Waals surface area contributed by atoms with Crippen LogP contribution in [0.4, 0.5) is 14.5 Å². The summed E-state index contributed by atoms with van der Waals surface area (Å²) in [6, 6.07) is 0. The second-order valence-electron chi connectivity index (χ2n) is 3.22. The van der Waals surface area contributed by atoms with Gasteiger partial charge in [-0.3, -0.25) is 10.1 Å². The van der Waals surface area contributed by atoms with E-state index >= 15 is 0 Å². The van der Waals surface area contributed by atoms with Crippen molar-refractivity contribution in [1.29, 1.82) is 0 Å². The van der Waals surface area contributed by atoms with Crippen LogP contribution in [0.1, 0.15) is 29.4 Å². The van der Waals surface area contributed by atoms with Gasteiger partial charge in [-0.2, -0.15) is 0 Å². The Hall–Kier alpha value is -2.32. The number of hydrogen-bond donors (Lipinski definition) is 0. The molecule has 1 aromatic rings. The Morgan fingerprint density at radius 3 is 2.63 bits per heavy atom. The summed E-state index contributed by atoms with van der Waals surface area (Å²) in [5.74, 6) is -1.52. The molecule has 9 heteroatoms. The average molecular weight is 276 g/mol. The maximum atomic E-state index is 12.6. The van der Waals surface area contributed by atoms with E-state index in [4.69, 9.17) is 0 Å². The zero-order valence-corrected chi connectivity index (χ0v) is 10.1. The molecule has 0 radical (unpaired) electrons. The van der Waals surface area contributed by atoms with Crippen LogP contribution in [0.25, 0.3) is 0 Å². The summed E-state index contributed by atoms with van der Waals surface area (Å²) in [4.78, 5) is 24.5. The fourth-order valence-electron chi connectivity index (χ4n) is 1.39. The zero-order chi connectivity index (χ0) is 14.6. The van der Waals surface area contributed by atoms with Gasteiger partial charge < -0.3 is 9.47 Å². The van der Waals surface area contributed by atoms with Gasteiger partial charge in [-0.05, 0) is 6.92 Å². The van der Waals surface area contributed by atoms with Gasteiger partial charge in [-0.15, -0.1) is 0 Å². The SMILES string of the molecule is CCOC(=O)c1cnc(C(F)F)c([N+](=O)[O-])c1OC. The van der Waals surface area contributed by atoms with Crippen molar-refractivity contribution < 1.29 is 28.0 Å². The number of esters is 1. The van der Waals surface area contributed by atoms with Gasteiger partial charge >= 0.3 is 11.7 Å². The standard InChI is InChI=1S/C10H10F2N2O5/c1-3-19-10(15)5-4-13-6(9(11)12)7(14(16)17)8(5)18-2/h4,9H,3H2,1-2H3. The van der Waals surface area contributed by atoms with Crippen LogP contribution in [0.15, 0.2) is 6.20 Å². The Morgan fingerprint density at radius 1 is 1.58 bits per heavy atom. The lowest BCUT2D eigenvalue weighted by atomic mass is 10.2. The number of rotatable bonds is 5. The molecule has 1 aromatic heterocycles. The van der Waals surface area contributed by atoms with E-state index in [1.54, 1.807) is 0 Å². The number of ether oxygens (including phenoxy) is 2. The minimum absolute atomic E-state index is 0.0202. The van der Waals surface area contributed by atoms with Crippen LogP contribution in [0.3, 0.4) is 0 Å². The number of methoxy groups -OCH3 is 1. The Morgan fingerprint density at radius 2 is 2.21 bits per heavy atom. The summed E-state index contributed by atoms with van der Waals surface area (Å²) in [6.07, 6.45) is -2.39. The van der Waals surface area contributed by atoms with E-state index in [2.05, 4.69) is 14.5 Å². The quantitative estimate of drug-likeness (QED) is 0.464. The predicted molar refractivity (Wildman–Crippen MR) is 58.4 cm³/mol. The highest BCUT2D eigenvalue weighted by Crippen LogP contribution is 2.37. The molecule has 0 unspecified atom stereocenters. The van der Waals surface area contributed by atoms with Crippen LogP contribution < -0.4 is 4.74 Å². The maximum Gasteiger partial charge on any atom is 0.343 e. The number of halogens is 2. The minimum Gasteiger partial charge on any atom is -0.489 e. The lowest BCUT2D eigenvalue weighted by Crippen LogP contribution is -2.11. The summed E-state index contributed by atoms with van der Waals surface area (Å²) < 4.78 is 34.6. The molecule has 0 saturated heterocycles. The molecule has 0 bridgehead atoms. The van der Waals surface area contributed by atoms with E-state index < -0.39 is 34.4 Å². The molecule has 0 spiro atoms. The zero-order valence-electron chi connectivity index (χ0n) is 10.1. The molecule has 0 amide bonds. The fourth-order valence-corrected chi connectivity index (χ4v) is 1.39. The largest absolute Gasteiger partial charge is 0.489 e. The highest BCUT2D eigenvalue weighted by atomic mass is 19.3. The molecule has 1 heterocycles. The third kappa shape index (κ3) is 2.92. The lowest BCUT2D eigenvalue weighted by molar-refractivity contribution is -0.387. The average Bonchev–Trinajstić information content (AvgIpc) is 2.36. The number of nitro groups is 1. The molecule has 0 aromatic carbocycles. The molecule has 0 fully saturated rings. The normalized spacial score (nSPS) is 10.4. The van der Waals surface area contributed by atoms with Crippen LogP contribution in [0.2, 0.25) is 0 Å². The Balaban J connectivity index is 3.49. The Bertz CT molecular complexity index is 507. The monoisotopic (exact) mass is 276 g/mol. The number of alkyl halides is 2. The molecule has 0 atom stereocenters. The van der Waals surface area contributed by atoms with Crippen LogP contribution >= 0.6 is 0 Å². The maximum absolute atomic E-state index is 12.6. The van der Waals surface area contributed by atoms with Crippen molar-refractivity contribution in [2.24, 2.45) is 0 Å². The number of nitrogens with zero attached hydrogens (tertiary/aromatic N) is 2. The number of carbonyl (C=O) groups is 1. The predicted octanol–water partition coefficient (Wildman–Crippen LogP) is 2.11. The molecule has 0 aliphatic carbocycles. The van der Waals surface area contributed by atoms with Gasteiger partial charge in [0.05, 0.1) is 18.6 Å². The molecule has 7 nitrogen and oxygen atoms in total. The van der Waals surface area contributed by atoms with Crippen molar-refractivity contribution in [3.8, 4) is 5.75 Å². The highest BCUT2D eigenvalue weighted by molar-refractivity contribution is 5.94. The van der Waals surface area contributed by atoms with Crippen molar-refractivity contribution >= 4 is 11.7 Å². The van der Waals surface area contributed by atoms with Gasteiger partial charge in [0.1, 0.15) is 5.56 Å². The molecule has 104 valence electrons. The van der Waals surface area contributed by atoms with E-state index in [1.165, 1.54) is 6.92 Å². The number of pyridine rings is 1. The van der Waals surface area contributed by atoms with Crippen molar-refractivity contribution in [1.82, 2.24) is 4.98 Å². The molecular formula is C10H10F2N2O5. The third-order valence-electron chi connectivity index (χ3n) is 2.12. The first-order valence-corrected chi connectivity index (χ1v) is 5.10. The summed E-state index contributed by atoms with van der Waals surface area (Å²) in [5.41, 5.74) is -2.47. The Kier molecular flexibility index (Phi) is 4.67. The minimum atomic E-state index is -3.16. The first-order valence-electron chi connectivity index (χ1n) is 5.10. The van der Waals surface area contributed by atoms with E-state index in [9.17, 15) is 23.7 Å². The molecule has 0 saturated carbocycles. The Labute approximate surface area is 106 Å². The highest BCUT2D eigenvalue weighted by Gasteiger charge is 2.33. The third-order valence-corrected chi connectivity index (χ3v) is 2.12. The summed E-state index contributed by atoms with van der Waals surface area (Å²) in [5, 5.41) is 10.8.